The minimum atomic E-state index is -0.622. The van der Waals surface area contributed by atoms with E-state index in [1.54, 1.807) is 0 Å². The van der Waals surface area contributed by atoms with Crippen LogP contribution in [0.25, 0.3) is 0 Å². The Morgan fingerprint density at radius 2 is 1.95 bits per heavy atom. The fraction of sp³-hybridized carbons (Fsp3) is 0.500. The molecule has 1 aliphatic carbocycles. The molecule has 0 heterocycles. The number of carbonyl (C=O) groups is 1. The number of nitrogens with zero attached hydrogens (tertiary/aromatic N) is 1. The summed E-state index contributed by atoms with van der Waals surface area (Å²) in [5, 5.41) is 12.3. The van der Waals surface area contributed by atoms with Crippen molar-refractivity contribution in [1.82, 2.24) is 5.32 Å². The summed E-state index contributed by atoms with van der Waals surface area (Å²) in [4.78, 5) is 13.1. The molecule has 1 amide bonds. The van der Waals surface area contributed by atoms with Crippen molar-refractivity contribution in [3.05, 3.63) is 29.8 Å². The largest absolute Gasteiger partial charge is 0.337 e. The van der Waals surface area contributed by atoms with Gasteiger partial charge in [-0.05, 0) is 31.9 Å². The van der Waals surface area contributed by atoms with Gasteiger partial charge < -0.3 is 5.32 Å². The van der Waals surface area contributed by atoms with Crippen molar-refractivity contribution < 1.29 is 4.79 Å². The van der Waals surface area contributed by atoms with E-state index in [1.165, 1.54) is 17.3 Å². The lowest BCUT2D eigenvalue weighted by Crippen LogP contribution is -2.49. The van der Waals surface area contributed by atoms with Crippen LogP contribution in [0.4, 0.5) is 0 Å². The molecular weight excluding hydrogens is 268 g/mol. The van der Waals surface area contributed by atoms with Crippen molar-refractivity contribution in [3.63, 3.8) is 0 Å². The standard InChI is InChI=1S/C16H20N2OS/c1-13-5-7-14(8-6-13)20-11-15(19)18-16(12-17)9-3-2-4-10-16/h5-8H,2-4,9-11H2,1H3,(H,18,19). The zero-order valence-corrected chi connectivity index (χ0v) is 12.6. The van der Waals surface area contributed by atoms with Gasteiger partial charge in [-0.25, -0.2) is 0 Å². The third kappa shape index (κ3) is 4.01. The Morgan fingerprint density at radius 1 is 1.30 bits per heavy atom. The van der Waals surface area contributed by atoms with Gasteiger partial charge in [-0.15, -0.1) is 11.8 Å². The molecule has 0 unspecified atom stereocenters. The van der Waals surface area contributed by atoms with Crippen molar-refractivity contribution >= 4 is 17.7 Å². The Bertz CT molecular complexity index is 498. The number of nitrogens with one attached hydrogen (secondary N) is 1. The molecule has 4 heteroatoms. The first-order valence-corrected chi connectivity index (χ1v) is 8.04. The van der Waals surface area contributed by atoms with Crippen LogP contribution in [0.2, 0.25) is 0 Å². The molecule has 0 atom stereocenters. The van der Waals surface area contributed by atoms with E-state index < -0.39 is 5.54 Å². The lowest BCUT2D eigenvalue weighted by molar-refractivity contribution is -0.120. The molecule has 0 bridgehead atoms. The number of amides is 1. The van der Waals surface area contributed by atoms with Crippen LogP contribution in [0.3, 0.4) is 0 Å². The summed E-state index contributed by atoms with van der Waals surface area (Å²) >= 11 is 1.51. The molecule has 0 aromatic heterocycles. The van der Waals surface area contributed by atoms with Gasteiger partial charge in [0.2, 0.25) is 5.91 Å². The second-order valence-electron chi connectivity index (χ2n) is 5.40. The van der Waals surface area contributed by atoms with Gasteiger partial charge in [-0.3, -0.25) is 4.79 Å². The van der Waals surface area contributed by atoms with Crippen molar-refractivity contribution in [2.75, 3.05) is 5.75 Å². The van der Waals surface area contributed by atoms with E-state index >= 15 is 0 Å². The predicted octanol–water partition coefficient (Wildman–Crippen LogP) is 3.43. The number of rotatable bonds is 4. The molecule has 0 spiro atoms. The topological polar surface area (TPSA) is 52.9 Å². The van der Waals surface area contributed by atoms with Gasteiger partial charge in [-0.2, -0.15) is 5.26 Å². The Labute approximate surface area is 124 Å². The van der Waals surface area contributed by atoms with E-state index in [2.05, 4.69) is 11.4 Å². The molecule has 2 rings (SSSR count). The van der Waals surface area contributed by atoms with Crippen LogP contribution in [0.1, 0.15) is 37.7 Å². The van der Waals surface area contributed by atoms with E-state index in [-0.39, 0.29) is 5.91 Å². The molecule has 1 aliphatic rings. The van der Waals surface area contributed by atoms with Crippen LogP contribution in [0.5, 0.6) is 0 Å². The van der Waals surface area contributed by atoms with Crippen molar-refractivity contribution in [2.24, 2.45) is 0 Å². The number of thioether (sulfide) groups is 1. The first-order valence-electron chi connectivity index (χ1n) is 7.05. The van der Waals surface area contributed by atoms with Gasteiger partial charge in [0, 0.05) is 4.90 Å². The van der Waals surface area contributed by atoms with Crippen molar-refractivity contribution in [1.29, 1.82) is 5.26 Å². The lowest BCUT2D eigenvalue weighted by Gasteiger charge is -2.31. The molecule has 0 saturated heterocycles. The maximum atomic E-state index is 12.0. The van der Waals surface area contributed by atoms with E-state index in [0.29, 0.717) is 5.75 Å². The fourth-order valence-electron chi connectivity index (χ4n) is 2.51. The molecule has 0 radical (unpaired) electrons. The van der Waals surface area contributed by atoms with E-state index in [0.717, 1.165) is 37.0 Å². The highest BCUT2D eigenvalue weighted by atomic mass is 32.2. The van der Waals surface area contributed by atoms with Gasteiger partial charge in [0.15, 0.2) is 0 Å². The van der Waals surface area contributed by atoms with E-state index in [4.69, 9.17) is 0 Å². The van der Waals surface area contributed by atoms with Crippen LogP contribution in [-0.2, 0) is 4.79 Å². The highest BCUT2D eigenvalue weighted by molar-refractivity contribution is 8.00. The monoisotopic (exact) mass is 288 g/mol. The molecule has 1 saturated carbocycles. The second kappa shape index (κ2) is 6.81. The van der Waals surface area contributed by atoms with Crippen LogP contribution in [0, 0.1) is 18.3 Å². The number of hydrogen-bond acceptors (Lipinski definition) is 3. The fourth-order valence-corrected chi connectivity index (χ4v) is 3.20. The quantitative estimate of drug-likeness (QED) is 0.864. The minimum absolute atomic E-state index is 0.0426. The zero-order chi connectivity index (χ0) is 14.4. The molecule has 1 aromatic carbocycles. The summed E-state index contributed by atoms with van der Waals surface area (Å²) in [7, 11) is 0. The third-order valence-electron chi connectivity index (χ3n) is 3.69. The summed E-state index contributed by atoms with van der Waals surface area (Å²) < 4.78 is 0. The molecule has 1 N–H and O–H groups in total. The summed E-state index contributed by atoms with van der Waals surface area (Å²) in [6.07, 6.45) is 4.78. The van der Waals surface area contributed by atoms with Crippen molar-refractivity contribution in [3.8, 4) is 6.07 Å². The third-order valence-corrected chi connectivity index (χ3v) is 4.70. The second-order valence-corrected chi connectivity index (χ2v) is 6.45. The van der Waals surface area contributed by atoms with Gasteiger partial charge in [-0.1, -0.05) is 37.0 Å². The number of aryl methyl sites for hydroxylation is 1. The number of hydrogen-bond donors (Lipinski definition) is 1. The molecule has 3 nitrogen and oxygen atoms in total. The van der Waals surface area contributed by atoms with Crippen LogP contribution >= 0.6 is 11.8 Å². The SMILES string of the molecule is Cc1ccc(SCC(=O)NC2(C#N)CCCCC2)cc1. The smallest absolute Gasteiger partial charge is 0.231 e. The molecular formula is C16H20N2OS. The Hall–Kier alpha value is -1.47. The van der Waals surface area contributed by atoms with Gasteiger partial charge in [0.1, 0.15) is 5.54 Å². The van der Waals surface area contributed by atoms with Crippen LogP contribution < -0.4 is 5.32 Å². The highest BCUT2D eigenvalue weighted by Crippen LogP contribution is 2.28. The van der Waals surface area contributed by atoms with Crippen LogP contribution in [0.15, 0.2) is 29.2 Å². The minimum Gasteiger partial charge on any atom is -0.337 e. The maximum absolute atomic E-state index is 12.0. The maximum Gasteiger partial charge on any atom is 0.231 e. The molecule has 0 aliphatic heterocycles. The summed E-state index contributed by atoms with van der Waals surface area (Å²) in [6, 6.07) is 10.4. The first-order chi connectivity index (χ1) is 9.63. The number of benzene rings is 1. The number of carbonyl (C=O) groups excluding carboxylic acids is 1. The summed E-state index contributed by atoms with van der Waals surface area (Å²) in [5.74, 6) is 0.325. The van der Waals surface area contributed by atoms with E-state index in [1.807, 2.05) is 31.2 Å². The summed E-state index contributed by atoms with van der Waals surface area (Å²) in [5.41, 5.74) is 0.591. The van der Waals surface area contributed by atoms with Gasteiger partial charge in [0.05, 0.1) is 11.8 Å². The lowest BCUT2D eigenvalue weighted by atomic mass is 9.83. The van der Waals surface area contributed by atoms with Gasteiger partial charge >= 0.3 is 0 Å². The Balaban J connectivity index is 1.85. The van der Waals surface area contributed by atoms with E-state index in [9.17, 15) is 10.1 Å². The number of nitriles is 1. The predicted molar refractivity (Wildman–Crippen MR) is 81.5 cm³/mol. The molecule has 1 fully saturated rings. The molecule has 20 heavy (non-hydrogen) atoms. The van der Waals surface area contributed by atoms with Crippen LogP contribution in [-0.4, -0.2) is 17.2 Å². The first kappa shape index (κ1) is 14.9. The Morgan fingerprint density at radius 3 is 2.55 bits per heavy atom. The zero-order valence-electron chi connectivity index (χ0n) is 11.8. The average molecular weight is 288 g/mol. The molecule has 106 valence electrons. The highest BCUT2D eigenvalue weighted by Gasteiger charge is 2.33. The Kier molecular flexibility index (Phi) is 5.08. The normalized spacial score (nSPS) is 17.2. The summed E-state index contributed by atoms with van der Waals surface area (Å²) in [6.45, 7) is 2.04. The van der Waals surface area contributed by atoms with Gasteiger partial charge in [0.25, 0.3) is 0 Å². The molecule has 1 aromatic rings. The average Bonchev–Trinajstić information content (AvgIpc) is 2.47. The van der Waals surface area contributed by atoms with Crippen molar-refractivity contribution in [2.45, 2.75) is 49.5 Å².